The van der Waals surface area contributed by atoms with E-state index >= 15 is 0 Å². The van der Waals surface area contributed by atoms with Crippen molar-refractivity contribution in [1.82, 2.24) is 9.78 Å². The fourth-order valence-electron chi connectivity index (χ4n) is 1.29. The smallest absolute Gasteiger partial charge is 0.213 e. The molecule has 4 heteroatoms. The first kappa shape index (κ1) is 9.58. The Morgan fingerprint density at radius 2 is 1.93 bits per heavy atom. The van der Waals surface area contributed by atoms with Crippen LogP contribution in [-0.2, 0) is 7.05 Å². The first-order chi connectivity index (χ1) is 7.16. The number of ketones is 1. The van der Waals surface area contributed by atoms with E-state index in [1.54, 1.807) is 24.0 Å². The van der Waals surface area contributed by atoms with Crippen molar-refractivity contribution in [2.24, 2.45) is 7.05 Å². The van der Waals surface area contributed by atoms with Gasteiger partial charge in [0.05, 0.1) is 0 Å². The van der Waals surface area contributed by atoms with Gasteiger partial charge in [0.25, 0.3) is 0 Å². The molecule has 0 amide bonds. The van der Waals surface area contributed by atoms with Crippen LogP contribution in [0.25, 0.3) is 0 Å². The molecule has 1 heterocycles. The maximum atomic E-state index is 12.6. The van der Waals surface area contributed by atoms with Crippen LogP contribution in [0.15, 0.2) is 36.5 Å². The average molecular weight is 204 g/mol. The molecular weight excluding hydrogens is 195 g/mol. The number of carbonyl (C=O) groups is 1. The van der Waals surface area contributed by atoms with Crippen molar-refractivity contribution >= 4 is 5.78 Å². The van der Waals surface area contributed by atoms with Crippen molar-refractivity contribution in [2.75, 3.05) is 0 Å². The molecule has 1 aromatic carbocycles. The highest BCUT2D eigenvalue weighted by atomic mass is 19.1. The minimum Gasteiger partial charge on any atom is -0.287 e. The number of rotatable bonds is 2. The number of aromatic nitrogens is 2. The normalized spacial score (nSPS) is 10.3. The number of halogens is 1. The summed E-state index contributed by atoms with van der Waals surface area (Å²) < 4.78 is 14.2. The molecule has 3 nitrogen and oxygen atoms in total. The van der Waals surface area contributed by atoms with E-state index in [2.05, 4.69) is 5.10 Å². The van der Waals surface area contributed by atoms with Crippen molar-refractivity contribution in [2.45, 2.75) is 0 Å². The molecule has 76 valence electrons. The number of carbonyl (C=O) groups excluding carboxylic acids is 1. The monoisotopic (exact) mass is 204 g/mol. The summed E-state index contributed by atoms with van der Waals surface area (Å²) in [5.41, 5.74) is 0.805. The third kappa shape index (κ3) is 1.93. The molecule has 15 heavy (non-hydrogen) atoms. The molecule has 0 radical (unpaired) electrons. The van der Waals surface area contributed by atoms with Gasteiger partial charge in [-0.3, -0.25) is 9.48 Å². The molecule has 0 saturated heterocycles. The van der Waals surface area contributed by atoms with Gasteiger partial charge in [-0.25, -0.2) is 4.39 Å². The molecule has 2 rings (SSSR count). The third-order valence-electron chi connectivity index (χ3n) is 2.05. The molecule has 0 saturated carbocycles. The minimum atomic E-state index is -0.354. The van der Waals surface area contributed by atoms with Crippen molar-refractivity contribution < 1.29 is 9.18 Å². The van der Waals surface area contributed by atoms with Crippen LogP contribution in [0.1, 0.15) is 16.1 Å². The Hall–Kier alpha value is -1.97. The fraction of sp³-hybridized carbons (Fsp3) is 0.0909. The highest BCUT2D eigenvalue weighted by molar-refractivity contribution is 6.07. The first-order valence-corrected chi connectivity index (χ1v) is 4.47. The molecule has 1 aromatic heterocycles. The Balaban J connectivity index is 2.32. The lowest BCUT2D eigenvalue weighted by Crippen LogP contribution is -2.03. The summed E-state index contributed by atoms with van der Waals surface area (Å²) in [6.45, 7) is 0. The zero-order valence-electron chi connectivity index (χ0n) is 8.14. The summed E-state index contributed by atoms with van der Waals surface area (Å²) in [6, 6.07) is 7.05. The zero-order valence-corrected chi connectivity index (χ0v) is 8.14. The standard InChI is InChI=1S/C11H9FN2O/c1-14-7-6-10(13-14)11(15)8-2-4-9(12)5-3-8/h2-7H,1H3. The summed E-state index contributed by atoms with van der Waals surface area (Å²) in [5, 5.41) is 3.98. The van der Waals surface area contributed by atoms with E-state index in [1.807, 2.05) is 0 Å². The van der Waals surface area contributed by atoms with Gasteiger partial charge in [-0.15, -0.1) is 0 Å². The zero-order chi connectivity index (χ0) is 10.8. The van der Waals surface area contributed by atoms with Gasteiger partial charge in [0, 0.05) is 18.8 Å². The summed E-state index contributed by atoms with van der Waals surface area (Å²) in [6.07, 6.45) is 1.69. The predicted molar refractivity (Wildman–Crippen MR) is 53.0 cm³/mol. The van der Waals surface area contributed by atoms with Crippen LogP contribution in [0.2, 0.25) is 0 Å². The van der Waals surface area contributed by atoms with E-state index in [0.29, 0.717) is 11.3 Å². The maximum absolute atomic E-state index is 12.6. The largest absolute Gasteiger partial charge is 0.287 e. The Morgan fingerprint density at radius 3 is 2.47 bits per heavy atom. The van der Waals surface area contributed by atoms with Gasteiger partial charge in [0.1, 0.15) is 11.5 Å². The van der Waals surface area contributed by atoms with E-state index in [0.717, 1.165) is 0 Å². The van der Waals surface area contributed by atoms with Crippen molar-refractivity contribution in [3.8, 4) is 0 Å². The van der Waals surface area contributed by atoms with Crippen LogP contribution in [0.5, 0.6) is 0 Å². The van der Waals surface area contributed by atoms with E-state index in [9.17, 15) is 9.18 Å². The van der Waals surface area contributed by atoms with Crippen molar-refractivity contribution in [1.29, 1.82) is 0 Å². The minimum absolute atomic E-state index is 0.199. The molecule has 0 spiro atoms. The van der Waals surface area contributed by atoms with Gasteiger partial charge in [0.15, 0.2) is 0 Å². The molecule has 0 fully saturated rings. The van der Waals surface area contributed by atoms with E-state index in [4.69, 9.17) is 0 Å². The number of nitrogens with zero attached hydrogens (tertiary/aromatic N) is 2. The van der Waals surface area contributed by atoms with Crippen LogP contribution in [0, 0.1) is 5.82 Å². The van der Waals surface area contributed by atoms with Gasteiger partial charge < -0.3 is 0 Å². The Kier molecular flexibility index (Phi) is 2.33. The number of hydrogen-bond acceptors (Lipinski definition) is 2. The van der Waals surface area contributed by atoms with Crippen molar-refractivity contribution in [3.05, 3.63) is 53.6 Å². The quantitative estimate of drug-likeness (QED) is 0.699. The molecule has 0 atom stereocenters. The molecule has 0 bridgehead atoms. The molecule has 0 aliphatic carbocycles. The SMILES string of the molecule is Cn1ccc(C(=O)c2ccc(F)cc2)n1. The highest BCUT2D eigenvalue weighted by Crippen LogP contribution is 2.08. The molecule has 2 aromatic rings. The highest BCUT2D eigenvalue weighted by Gasteiger charge is 2.11. The van der Waals surface area contributed by atoms with Gasteiger partial charge in [-0.05, 0) is 30.3 Å². The summed E-state index contributed by atoms with van der Waals surface area (Å²) in [5.74, 6) is -0.553. The fourth-order valence-corrected chi connectivity index (χ4v) is 1.29. The van der Waals surface area contributed by atoms with E-state index in [-0.39, 0.29) is 11.6 Å². The van der Waals surface area contributed by atoms with E-state index in [1.165, 1.54) is 24.3 Å². The molecule has 0 aliphatic heterocycles. The van der Waals surface area contributed by atoms with Crippen LogP contribution in [0.4, 0.5) is 4.39 Å². The Labute approximate surface area is 86.2 Å². The number of benzene rings is 1. The second-order valence-corrected chi connectivity index (χ2v) is 3.21. The van der Waals surface area contributed by atoms with Gasteiger partial charge in [-0.2, -0.15) is 5.10 Å². The number of hydrogen-bond donors (Lipinski definition) is 0. The predicted octanol–water partition coefficient (Wildman–Crippen LogP) is 1.79. The van der Waals surface area contributed by atoms with Crippen LogP contribution < -0.4 is 0 Å². The second-order valence-electron chi connectivity index (χ2n) is 3.21. The lowest BCUT2D eigenvalue weighted by molar-refractivity contribution is 0.103. The Morgan fingerprint density at radius 1 is 1.27 bits per heavy atom. The van der Waals surface area contributed by atoms with E-state index < -0.39 is 0 Å². The molecular formula is C11H9FN2O. The molecule has 0 aliphatic rings. The number of aryl methyl sites for hydroxylation is 1. The lowest BCUT2D eigenvalue weighted by atomic mass is 10.1. The average Bonchev–Trinajstić information content (AvgIpc) is 2.65. The molecule has 0 unspecified atom stereocenters. The van der Waals surface area contributed by atoms with Crippen molar-refractivity contribution in [3.63, 3.8) is 0 Å². The van der Waals surface area contributed by atoms with Crippen LogP contribution in [-0.4, -0.2) is 15.6 Å². The maximum Gasteiger partial charge on any atom is 0.213 e. The second kappa shape index (κ2) is 3.65. The lowest BCUT2D eigenvalue weighted by Gasteiger charge is -1.96. The summed E-state index contributed by atoms with van der Waals surface area (Å²) in [7, 11) is 1.74. The third-order valence-corrected chi connectivity index (χ3v) is 2.05. The molecule has 0 N–H and O–H groups in total. The summed E-state index contributed by atoms with van der Waals surface area (Å²) >= 11 is 0. The Bertz CT molecular complexity index is 488. The van der Waals surface area contributed by atoms with Gasteiger partial charge in [-0.1, -0.05) is 0 Å². The van der Waals surface area contributed by atoms with Gasteiger partial charge >= 0.3 is 0 Å². The first-order valence-electron chi connectivity index (χ1n) is 4.47. The summed E-state index contributed by atoms with van der Waals surface area (Å²) in [4.78, 5) is 11.8. The van der Waals surface area contributed by atoms with Crippen LogP contribution in [0.3, 0.4) is 0 Å². The van der Waals surface area contributed by atoms with Crippen LogP contribution >= 0.6 is 0 Å². The topological polar surface area (TPSA) is 34.9 Å². The van der Waals surface area contributed by atoms with Gasteiger partial charge in [0.2, 0.25) is 5.78 Å².